The number of anilines is 1. The highest BCUT2D eigenvalue weighted by Crippen LogP contribution is 2.44. The number of hydrogen-bond acceptors (Lipinski definition) is 6. The number of rotatable bonds is 7. The highest BCUT2D eigenvalue weighted by atomic mass is 19.1. The molecule has 1 N–H and O–H groups in total. The van der Waals surface area contributed by atoms with Gasteiger partial charge in [-0.3, -0.25) is 9.59 Å². The number of amides is 1. The van der Waals surface area contributed by atoms with Gasteiger partial charge in [-0.1, -0.05) is 12.1 Å². The van der Waals surface area contributed by atoms with Crippen LogP contribution in [0.4, 0.5) is 10.1 Å². The Morgan fingerprint density at radius 2 is 1.97 bits per heavy atom. The maximum absolute atomic E-state index is 14.9. The first-order chi connectivity index (χ1) is 17.4. The Bertz CT molecular complexity index is 1320. The Hall–Kier alpha value is -4.07. The lowest BCUT2D eigenvalue weighted by Crippen LogP contribution is -2.09. The quantitative estimate of drug-likeness (QED) is 0.428. The Kier molecular flexibility index (Phi) is 6.50. The molecule has 2 aliphatic rings. The molecule has 36 heavy (non-hydrogen) atoms. The van der Waals surface area contributed by atoms with Crippen LogP contribution in [0.3, 0.4) is 0 Å². The van der Waals surface area contributed by atoms with Crippen LogP contribution in [0, 0.1) is 5.82 Å². The zero-order chi connectivity index (χ0) is 25.2. The summed E-state index contributed by atoms with van der Waals surface area (Å²) in [5.74, 6) is 1.46. The summed E-state index contributed by atoms with van der Waals surface area (Å²) in [5, 5.41) is 2.73. The van der Waals surface area contributed by atoms with Gasteiger partial charge in [0.15, 0.2) is 0 Å². The molecule has 0 saturated heterocycles. The topological polar surface area (TPSA) is 83.1 Å². The molecule has 3 aromatic carbocycles. The van der Waals surface area contributed by atoms with Crippen LogP contribution in [-0.4, -0.2) is 25.6 Å². The summed E-state index contributed by atoms with van der Waals surface area (Å²) in [4.78, 5) is 23.0. The normalized spacial score (nSPS) is 17.5. The molecule has 0 bridgehead atoms. The van der Waals surface area contributed by atoms with Crippen molar-refractivity contribution >= 4 is 17.6 Å². The minimum atomic E-state index is -0.473. The monoisotopic (exact) mass is 491 g/mol. The molecule has 1 unspecified atom stereocenters. The lowest BCUT2D eigenvalue weighted by Gasteiger charge is -2.17. The van der Waals surface area contributed by atoms with E-state index in [0.717, 1.165) is 11.1 Å². The zero-order valence-electron chi connectivity index (χ0n) is 20.0. The fourth-order valence-electron chi connectivity index (χ4n) is 4.77. The number of nitrogens with one attached hydrogen (secondary N) is 1. The van der Waals surface area contributed by atoms with Crippen LogP contribution in [0.2, 0.25) is 0 Å². The molecule has 1 heterocycles. The van der Waals surface area contributed by atoms with E-state index < -0.39 is 6.10 Å². The third-order valence-corrected chi connectivity index (χ3v) is 6.41. The van der Waals surface area contributed by atoms with Gasteiger partial charge in [0.05, 0.1) is 20.1 Å². The van der Waals surface area contributed by atoms with Crippen LogP contribution in [-0.2, 0) is 20.7 Å². The minimum Gasteiger partial charge on any atom is -0.492 e. The van der Waals surface area contributed by atoms with Crippen molar-refractivity contribution < 1.29 is 32.9 Å². The minimum absolute atomic E-state index is 0.0602. The number of carbonyl (C=O) groups is 2. The van der Waals surface area contributed by atoms with Crippen molar-refractivity contribution in [1.82, 2.24) is 0 Å². The van der Waals surface area contributed by atoms with E-state index in [9.17, 15) is 14.0 Å². The van der Waals surface area contributed by atoms with Crippen molar-refractivity contribution in [2.75, 3.05) is 19.0 Å². The zero-order valence-corrected chi connectivity index (χ0v) is 20.0. The average Bonchev–Trinajstić information content (AvgIpc) is 3.45. The Morgan fingerprint density at radius 1 is 1.11 bits per heavy atom. The molecule has 0 spiro atoms. The summed E-state index contributed by atoms with van der Waals surface area (Å²) in [6.45, 7) is 1.84. The summed E-state index contributed by atoms with van der Waals surface area (Å²) >= 11 is 0. The van der Waals surface area contributed by atoms with E-state index in [4.69, 9.17) is 18.9 Å². The average molecular weight is 492 g/mol. The molecule has 0 radical (unpaired) electrons. The molecule has 186 valence electrons. The predicted octanol–water partition coefficient (Wildman–Crippen LogP) is 5.68. The summed E-state index contributed by atoms with van der Waals surface area (Å²) in [7, 11) is 1.37. The van der Waals surface area contributed by atoms with E-state index in [1.807, 2.05) is 12.1 Å². The van der Waals surface area contributed by atoms with Crippen LogP contribution in [0.5, 0.6) is 23.0 Å². The lowest BCUT2D eigenvalue weighted by molar-refractivity contribution is -0.141. The van der Waals surface area contributed by atoms with Crippen molar-refractivity contribution in [3.05, 3.63) is 77.1 Å². The molecule has 5 rings (SSSR count). The number of ether oxygens (including phenoxy) is 4. The maximum atomic E-state index is 14.9. The number of benzene rings is 3. The van der Waals surface area contributed by atoms with Gasteiger partial charge in [0.1, 0.15) is 34.9 Å². The third-order valence-electron chi connectivity index (χ3n) is 6.41. The van der Waals surface area contributed by atoms with E-state index in [1.165, 1.54) is 20.1 Å². The smallest absolute Gasteiger partial charge is 0.306 e. The molecule has 1 aliphatic heterocycles. The first-order valence-corrected chi connectivity index (χ1v) is 11.8. The number of halogens is 1. The molecule has 0 fully saturated rings. The summed E-state index contributed by atoms with van der Waals surface area (Å²) < 4.78 is 37.8. The van der Waals surface area contributed by atoms with Gasteiger partial charge in [0, 0.05) is 47.4 Å². The predicted molar refractivity (Wildman–Crippen MR) is 130 cm³/mol. The van der Waals surface area contributed by atoms with E-state index >= 15 is 0 Å². The second kappa shape index (κ2) is 9.89. The Morgan fingerprint density at radius 3 is 2.78 bits per heavy atom. The Balaban J connectivity index is 1.34. The van der Waals surface area contributed by atoms with Crippen molar-refractivity contribution in [3.63, 3.8) is 0 Å². The molecule has 1 amide bonds. The molecule has 1 aliphatic carbocycles. The molecule has 0 saturated carbocycles. The van der Waals surface area contributed by atoms with Crippen molar-refractivity contribution in [2.24, 2.45) is 0 Å². The van der Waals surface area contributed by atoms with Crippen LogP contribution in [0.1, 0.15) is 48.5 Å². The van der Waals surface area contributed by atoms with Gasteiger partial charge in [-0.2, -0.15) is 0 Å². The third kappa shape index (κ3) is 4.84. The number of esters is 1. The fourth-order valence-corrected chi connectivity index (χ4v) is 4.77. The summed E-state index contributed by atoms with van der Waals surface area (Å²) in [6.07, 6.45) is 0.976. The molecule has 0 aromatic heterocycles. The van der Waals surface area contributed by atoms with Gasteiger partial charge in [-0.25, -0.2) is 4.39 Å². The molecule has 7 nitrogen and oxygen atoms in total. The van der Waals surface area contributed by atoms with Crippen LogP contribution in [0.15, 0.2) is 54.6 Å². The fraction of sp³-hybridized carbons (Fsp3) is 0.286. The lowest BCUT2D eigenvalue weighted by atomic mass is 9.98. The van der Waals surface area contributed by atoms with Gasteiger partial charge in [0.25, 0.3) is 0 Å². The Labute approximate surface area is 208 Å². The number of fused-ring (bicyclic) bond motifs is 2. The first kappa shape index (κ1) is 23.7. The molecular weight excluding hydrogens is 465 g/mol. The standard InChI is InChI=1S/C28H26FNO6/c1-16(31)30-18-4-3-5-19(13-18)35-24-11-9-23(29)28-22(24)8-10-25(28)36-20-6-7-21-17(12-27(32)33-2)15-34-26(21)14-20/h3-7,9,11,13-14,17,25H,8,10,12,15H2,1-2H3,(H,30,31)/t17?,25-/m1/s1. The highest BCUT2D eigenvalue weighted by Gasteiger charge is 2.32. The second-order valence-corrected chi connectivity index (χ2v) is 8.88. The van der Waals surface area contributed by atoms with E-state index in [1.54, 1.807) is 36.4 Å². The van der Waals surface area contributed by atoms with Gasteiger partial charge >= 0.3 is 5.97 Å². The van der Waals surface area contributed by atoms with Crippen molar-refractivity contribution in [2.45, 2.75) is 38.2 Å². The summed E-state index contributed by atoms with van der Waals surface area (Å²) in [5.41, 5.74) is 2.80. The number of hydrogen-bond donors (Lipinski definition) is 1. The van der Waals surface area contributed by atoms with E-state index in [2.05, 4.69) is 5.32 Å². The van der Waals surface area contributed by atoms with Gasteiger partial charge in [-0.05, 0) is 43.2 Å². The van der Waals surface area contributed by atoms with Crippen molar-refractivity contribution in [3.8, 4) is 23.0 Å². The van der Waals surface area contributed by atoms with Gasteiger partial charge in [0.2, 0.25) is 5.91 Å². The van der Waals surface area contributed by atoms with Crippen molar-refractivity contribution in [1.29, 1.82) is 0 Å². The van der Waals surface area contributed by atoms with E-state index in [-0.39, 0.29) is 30.0 Å². The van der Waals surface area contributed by atoms with Gasteiger partial charge < -0.3 is 24.3 Å². The molecule has 2 atom stereocenters. The molecule has 3 aromatic rings. The van der Waals surface area contributed by atoms with Gasteiger partial charge in [-0.15, -0.1) is 0 Å². The number of methoxy groups -OCH3 is 1. The molecular formula is C28H26FNO6. The van der Waals surface area contributed by atoms with Crippen LogP contribution < -0.4 is 19.5 Å². The number of carbonyl (C=O) groups excluding carboxylic acids is 2. The van der Waals surface area contributed by atoms with Crippen LogP contribution in [0.25, 0.3) is 0 Å². The van der Waals surface area contributed by atoms with E-state index in [0.29, 0.717) is 53.7 Å². The first-order valence-electron chi connectivity index (χ1n) is 11.8. The highest BCUT2D eigenvalue weighted by molar-refractivity contribution is 5.88. The second-order valence-electron chi connectivity index (χ2n) is 8.88. The largest absolute Gasteiger partial charge is 0.492 e. The SMILES string of the molecule is COC(=O)CC1COc2cc(O[C@@H]3CCc4c(Oc5cccc(NC(C)=O)c5)ccc(F)c43)ccc21. The summed E-state index contributed by atoms with van der Waals surface area (Å²) in [6, 6.07) is 15.5. The maximum Gasteiger partial charge on any atom is 0.306 e. The molecule has 8 heteroatoms. The van der Waals surface area contributed by atoms with Crippen LogP contribution >= 0.6 is 0 Å².